The van der Waals surface area contributed by atoms with Gasteiger partial charge in [0.1, 0.15) is 6.04 Å². The molecule has 1 atom stereocenters. The molecule has 0 aliphatic carbocycles. The van der Waals surface area contributed by atoms with Gasteiger partial charge in [-0.15, -0.1) is 0 Å². The highest BCUT2D eigenvalue weighted by atomic mass is 35.5. The van der Waals surface area contributed by atoms with E-state index in [0.29, 0.717) is 32.1 Å². The minimum absolute atomic E-state index is 0.0890. The van der Waals surface area contributed by atoms with Gasteiger partial charge < -0.3 is 10.2 Å². The maximum absolute atomic E-state index is 13.1. The SMILES string of the molecule is CCC(C(=O)NC)N(Cc1ccc(Cl)c(Cl)c1)C(=O)Cc1ccc(Cl)c(Cl)c1. The normalized spacial score (nSPS) is 11.8. The van der Waals surface area contributed by atoms with Gasteiger partial charge in [-0.3, -0.25) is 9.59 Å². The first-order chi connectivity index (χ1) is 13.3. The fourth-order valence-electron chi connectivity index (χ4n) is 2.85. The van der Waals surface area contributed by atoms with E-state index in [9.17, 15) is 9.59 Å². The average Bonchev–Trinajstić information content (AvgIpc) is 2.67. The molecule has 0 saturated heterocycles. The quantitative estimate of drug-likeness (QED) is 0.600. The molecule has 2 aromatic rings. The Hall–Kier alpha value is -1.46. The van der Waals surface area contributed by atoms with Crippen LogP contribution in [0.5, 0.6) is 0 Å². The second-order valence-corrected chi connectivity index (χ2v) is 7.86. The molecule has 0 radical (unpaired) electrons. The Bertz CT molecular complexity index is 873. The minimum atomic E-state index is -0.616. The summed E-state index contributed by atoms with van der Waals surface area (Å²) in [6.45, 7) is 2.08. The zero-order valence-electron chi connectivity index (χ0n) is 15.4. The van der Waals surface area contributed by atoms with Gasteiger partial charge in [0.15, 0.2) is 0 Å². The van der Waals surface area contributed by atoms with Crippen LogP contribution in [-0.2, 0) is 22.6 Å². The molecule has 0 aromatic heterocycles. The van der Waals surface area contributed by atoms with E-state index in [1.165, 1.54) is 0 Å². The van der Waals surface area contributed by atoms with Crippen LogP contribution in [-0.4, -0.2) is 29.8 Å². The van der Waals surface area contributed by atoms with E-state index in [4.69, 9.17) is 46.4 Å². The van der Waals surface area contributed by atoms with Crippen molar-refractivity contribution < 1.29 is 9.59 Å². The van der Waals surface area contributed by atoms with Crippen molar-refractivity contribution in [1.29, 1.82) is 0 Å². The highest BCUT2D eigenvalue weighted by Crippen LogP contribution is 2.25. The minimum Gasteiger partial charge on any atom is -0.357 e. The summed E-state index contributed by atoms with van der Waals surface area (Å²) in [5.74, 6) is -0.440. The summed E-state index contributed by atoms with van der Waals surface area (Å²) < 4.78 is 0. The van der Waals surface area contributed by atoms with E-state index in [0.717, 1.165) is 5.56 Å². The molecular formula is C20H20Cl4N2O2. The molecule has 8 heteroatoms. The standard InChI is InChI=1S/C20H20Cl4N2O2/c1-3-18(20(28)25-2)26(11-13-5-7-15(22)17(24)9-13)19(27)10-12-4-6-14(21)16(23)8-12/h4-9,18H,3,10-11H2,1-2H3,(H,25,28). The second-order valence-electron chi connectivity index (χ2n) is 6.23. The van der Waals surface area contributed by atoms with Crippen molar-refractivity contribution in [2.24, 2.45) is 0 Å². The third-order valence-corrected chi connectivity index (χ3v) is 5.79. The Morgan fingerprint density at radius 1 is 0.929 bits per heavy atom. The fraction of sp³-hybridized carbons (Fsp3) is 0.300. The van der Waals surface area contributed by atoms with Gasteiger partial charge in [-0.2, -0.15) is 0 Å². The van der Waals surface area contributed by atoms with E-state index in [-0.39, 0.29) is 24.8 Å². The summed E-state index contributed by atoms with van der Waals surface area (Å²) in [7, 11) is 1.55. The lowest BCUT2D eigenvalue weighted by molar-refractivity contribution is -0.140. The summed E-state index contributed by atoms with van der Waals surface area (Å²) >= 11 is 24.1. The summed E-state index contributed by atoms with van der Waals surface area (Å²) in [6, 6.07) is 9.57. The molecule has 0 heterocycles. The Labute approximate surface area is 184 Å². The molecule has 2 amide bonds. The molecule has 0 aliphatic heterocycles. The molecule has 2 aromatic carbocycles. The summed E-state index contributed by atoms with van der Waals surface area (Å²) in [6.07, 6.45) is 0.555. The molecule has 1 unspecified atom stereocenters. The number of nitrogens with zero attached hydrogens (tertiary/aromatic N) is 1. The van der Waals surface area contributed by atoms with E-state index in [2.05, 4.69) is 5.32 Å². The summed E-state index contributed by atoms with van der Waals surface area (Å²) in [5, 5.41) is 4.24. The first-order valence-electron chi connectivity index (χ1n) is 8.65. The number of rotatable bonds is 7. The number of amides is 2. The second kappa shape index (κ2) is 10.4. The molecule has 1 N–H and O–H groups in total. The molecule has 0 saturated carbocycles. The number of benzene rings is 2. The number of nitrogens with one attached hydrogen (secondary N) is 1. The van der Waals surface area contributed by atoms with Crippen LogP contribution in [0.4, 0.5) is 0 Å². The smallest absolute Gasteiger partial charge is 0.242 e. The molecule has 0 bridgehead atoms. The van der Waals surface area contributed by atoms with Gasteiger partial charge in [0.25, 0.3) is 0 Å². The molecule has 0 spiro atoms. The van der Waals surface area contributed by atoms with Crippen LogP contribution in [0.2, 0.25) is 20.1 Å². The molecule has 4 nitrogen and oxygen atoms in total. The van der Waals surface area contributed by atoms with E-state index in [1.807, 2.05) is 6.92 Å². The van der Waals surface area contributed by atoms with Crippen LogP contribution in [0.15, 0.2) is 36.4 Å². The average molecular weight is 462 g/mol. The van der Waals surface area contributed by atoms with E-state index < -0.39 is 6.04 Å². The van der Waals surface area contributed by atoms with Crippen molar-refractivity contribution in [3.8, 4) is 0 Å². The van der Waals surface area contributed by atoms with Crippen LogP contribution < -0.4 is 5.32 Å². The number of carbonyl (C=O) groups excluding carboxylic acids is 2. The van der Waals surface area contributed by atoms with Gasteiger partial charge in [0.05, 0.1) is 26.5 Å². The Morgan fingerprint density at radius 2 is 1.46 bits per heavy atom. The maximum atomic E-state index is 13.1. The molecule has 0 aliphatic rings. The molecule has 2 rings (SSSR count). The van der Waals surface area contributed by atoms with Crippen molar-refractivity contribution in [2.75, 3.05) is 7.05 Å². The number of hydrogen-bond donors (Lipinski definition) is 1. The number of likely N-dealkylation sites (N-methyl/N-ethyl adjacent to an activating group) is 1. The van der Waals surface area contributed by atoms with Crippen molar-refractivity contribution in [1.82, 2.24) is 10.2 Å². The van der Waals surface area contributed by atoms with Crippen molar-refractivity contribution in [3.05, 3.63) is 67.6 Å². The number of carbonyl (C=O) groups is 2. The van der Waals surface area contributed by atoms with Crippen LogP contribution in [0, 0.1) is 0 Å². The first-order valence-corrected chi connectivity index (χ1v) is 10.2. The Kier molecular flexibility index (Phi) is 8.44. The fourth-order valence-corrected chi connectivity index (χ4v) is 3.49. The van der Waals surface area contributed by atoms with Gasteiger partial charge in [-0.1, -0.05) is 65.5 Å². The molecule has 28 heavy (non-hydrogen) atoms. The highest BCUT2D eigenvalue weighted by Gasteiger charge is 2.28. The third-order valence-electron chi connectivity index (χ3n) is 4.31. The lowest BCUT2D eigenvalue weighted by atomic mass is 10.1. The molecular weight excluding hydrogens is 442 g/mol. The van der Waals surface area contributed by atoms with E-state index >= 15 is 0 Å². The van der Waals surface area contributed by atoms with Crippen molar-refractivity contribution in [2.45, 2.75) is 32.4 Å². The monoisotopic (exact) mass is 460 g/mol. The van der Waals surface area contributed by atoms with Crippen LogP contribution >= 0.6 is 46.4 Å². The Balaban J connectivity index is 2.32. The van der Waals surface area contributed by atoms with Gasteiger partial charge in [0.2, 0.25) is 11.8 Å². The van der Waals surface area contributed by atoms with Crippen LogP contribution in [0.3, 0.4) is 0 Å². The van der Waals surface area contributed by atoms with Gasteiger partial charge in [-0.25, -0.2) is 0 Å². The molecule has 0 fully saturated rings. The lowest BCUT2D eigenvalue weighted by Crippen LogP contribution is -2.48. The molecule has 150 valence electrons. The predicted octanol–water partition coefficient (Wildman–Crippen LogP) is 5.40. The van der Waals surface area contributed by atoms with Gasteiger partial charge in [0, 0.05) is 13.6 Å². The Morgan fingerprint density at radius 3 is 1.96 bits per heavy atom. The zero-order chi connectivity index (χ0) is 20.8. The third kappa shape index (κ3) is 5.77. The van der Waals surface area contributed by atoms with E-state index in [1.54, 1.807) is 48.3 Å². The summed E-state index contributed by atoms with van der Waals surface area (Å²) in [5.41, 5.74) is 1.49. The maximum Gasteiger partial charge on any atom is 0.242 e. The zero-order valence-corrected chi connectivity index (χ0v) is 18.5. The lowest BCUT2D eigenvalue weighted by Gasteiger charge is -2.30. The van der Waals surface area contributed by atoms with Gasteiger partial charge in [-0.05, 0) is 41.8 Å². The number of hydrogen-bond acceptors (Lipinski definition) is 2. The topological polar surface area (TPSA) is 49.4 Å². The largest absolute Gasteiger partial charge is 0.357 e. The first kappa shape index (κ1) is 22.8. The predicted molar refractivity (Wildman–Crippen MR) is 115 cm³/mol. The van der Waals surface area contributed by atoms with Crippen molar-refractivity contribution >= 4 is 58.2 Å². The van der Waals surface area contributed by atoms with Crippen LogP contribution in [0.1, 0.15) is 24.5 Å². The van der Waals surface area contributed by atoms with Crippen LogP contribution in [0.25, 0.3) is 0 Å². The highest BCUT2D eigenvalue weighted by molar-refractivity contribution is 6.42. The van der Waals surface area contributed by atoms with Gasteiger partial charge >= 0.3 is 0 Å². The van der Waals surface area contributed by atoms with Crippen molar-refractivity contribution in [3.63, 3.8) is 0 Å². The summed E-state index contributed by atoms with van der Waals surface area (Å²) in [4.78, 5) is 27.0. The number of halogens is 4.